The van der Waals surface area contributed by atoms with E-state index in [1.807, 2.05) is 11.8 Å². The highest BCUT2D eigenvalue weighted by Crippen LogP contribution is 2.25. The molecule has 6 heteroatoms. The lowest BCUT2D eigenvalue weighted by Gasteiger charge is -2.06. The fourth-order valence-electron chi connectivity index (χ4n) is 1.55. The Morgan fingerprint density at radius 2 is 2.11 bits per heavy atom. The standard InChI is InChI=1S/C13H18N4S2/c1-2-18-9-3-8-14-11-4-6-12(7-5-11)19-13-15-10-16-17-13/h4-7,10,14H,2-3,8-9H2,1H3,(H,15,16,17). The van der Waals surface area contributed by atoms with Crippen LogP contribution in [0, 0.1) is 0 Å². The van der Waals surface area contributed by atoms with Crippen molar-refractivity contribution in [2.45, 2.75) is 23.4 Å². The maximum Gasteiger partial charge on any atom is 0.188 e. The molecule has 2 N–H and O–H groups in total. The number of hydrogen-bond acceptors (Lipinski definition) is 5. The van der Waals surface area contributed by atoms with Crippen LogP contribution in [0.15, 0.2) is 40.6 Å². The Balaban J connectivity index is 1.75. The monoisotopic (exact) mass is 294 g/mol. The average Bonchev–Trinajstić information content (AvgIpc) is 2.93. The summed E-state index contributed by atoms with van der Waals surface area (Å²) in [6.07, 6.45) is 2.72. The maximum atomic E-state index is 4.09. The van der Waals surface area contributed by atoms with Crippen LogP contribution < -0.4 is 5.32 Å². The Labute approximate surface area is 122 Å². The number of H-pyrrole nitrogens is 1. The van der Waals surface area contributed by atoms with E-state index >= 15 is 0 Å². The number of nitrogens with one attached hydrogen (secondary N) is 2. The van der Waals surface area contributed by atoms with E-state index in [-0.39, 0.29) is 0 Å². The Kier molecular flexibility index (Phi) is 6.10. The van der Waals surface area contributed by atoms with E-state index in [0.717, 1.165) is 16.6 Å². The smallest absolute Gasteiger partial charge is 0.188 e. The van der Waals surface area contributed by atoms with Gasteiger partial charge in [0.25, 0.3) is 0 Å². The predicted molar refractivity (Wildman–Crippen MR) is 83.1 cm³/mol. The second-order valence-electron chi connectivity index (χ2n) is 3.89. The van der Waals surface area contributed by atoms with Gasteiger partial charge in [0.1, 0.15) is 6.33 Å². The lowest BCUT2D eigenvalue weighted by atomic mass is 10.3. The molecule has 1 aromatic heterocycles. The van der Waals surface area contributed by atoms with Gasteiger partial charge in [-0.05, 0) is 42.2 Å². The van der Waals surface area contributed by atoms with Gasteiger partial charge >= 0.3 is 0 Å². The number of thioether (sulfide) groups is 1. The SMILES string of the molecule is CCSCCCNc1ccc(Sc2ncn[nH]2)cc1. The van der Waals surface area contributed by atoms with Crippen molar-refractivity contribution >= 4 is 29.2 Å². The third-order valence-corrected chi connectivity index (χ3v) is 4.34. The van der Waals surface area contributed by atoms with Crippen molar-refractivity contribution < 1.29 is 0 Å². The zero-order valence-electron chi connectivity index (χ0n) is 10.9. The summed E-state index contributed by atoms with van der Waals surface area (Å²) in [4.78, 5) is 5.25. The molecule has 1 heterocycles. The fraction of sp³-hybridized carbons (Fsp3) is 0.385. The molecule has 0 saturated carbocycles. The average molecular weight is 294 g/mol. The van der Waals surface area contributed by atoms with Crippen LogP contribution in [0.4, 0.5) is 5.69 Å². The normalized spacial score (nSPS) is 10.6. The van der Waals surface area contributed by atoms with Crippen molar-refractivity contribution in [2.24, 2.45) is 0 Å². The molecule has 0 fully saturated rings. The fourth-order valence-corrected chi connectivity index (χ4v) is 2.88. The van der Waals surface area contributed by atoms with Crippen molar-refractivity contribution in [1.82, 2.24) is 15.2 Å². The lowest BCUT2D eigenvalue weighted by Crippen LogP contribution is -2.02. The molecule has 0 aliphatic rings. The van der Waals surface area contributed by atoms with Crippen LogP contribution in [-0.2, 0) is 0 Å². The number of benzene rings is 1. The molecular weight excluding hydrogens is 276 g/mol. The highest BCUT2D eigenvalue weighted by atomic mass is 32.2. The minimum absolute atomic E-state index is 0.817. The van der Waals surface area contributed by atoms with Gasteiger partial charge in [0.15, 0.2) is 5.16 Å². The third kappa shape index (κ3) is 5.16. The Bertz CT molecular complexity index is 456. The van der Waals surface area contributed by atoms with E-state index in [0.29, 0.717) is 0 Å². The molecule has 0 saturated heterocycles. The summed E-state index contributed by atoms with van der Waals surface area (Å²) in [5.41, 5.74) is 1.17. The maximum absolute atomic E-state index is 4.09. The molecule has 4 nitrogen and oxygen atoms in total. The van der Waals surface area contributed by atoms with Gasteiger partial charge in [-0.15, -0.1) is 0 Å². The summed E-state index contributed by atoms with van der Waals surface area (Å²) in [6.45, 7) is 3.23. The molecule has 102 valence electrons. The van der Waals surface area contributed by atoms with Crippen LogP contribution in [0.1, 0.15) is 13.3 Å². The number of nitrogens with zero attached hydrogens (tertiary/aromatic N) is 2. The van der Waals surface area contributed by atoms with Crippen molar-refractivity contribution in [1.29, 1.82) is 0 Å². The van der Waals surface area contributed by atoms with E-state index in [1.165, 1.54) is 29.9 Å². The Morgan fingerprint density at radius 1 is 1.26 bits per heavy atom. The first kappa shape index (κ1) is 14.3. The van der Waals surface area contributed by atoms with Crippen LogP contribution in [0.3, 0.4) is 0 Å². The Hall–Kier alpha value is -1.14. The first-order valence-corrected chi connectivity index (χ1v) is 8.30. The molecule has 0 aliphatic carbocycles. The van der Waals surface area contributed by atoms with Crippen LogP contribution in [0.2, 0.25) is 0 Å². The van der Waals surface area contributed by atoms with Gasteiger partial charge < -0.3 is 5.32 Å². The lowest BCUT2D eigenvalue weighted by molar-refractivity contribution is 0.973. The van der Waals surface area contributed by atoms with Crippen molar-refractivity contribution in [2.75, 3.05) is 23.4 Å². The van der Waals surface area contributed by atoms with Gasteiger partial charge in [-0.1, -0.05) is 18.7 Å². The molecule has 0 unspecified atom stereocenters. The topological polar surface area (TPSA) is 53.6 Å². The van der Waals surface area contributed by atoms with Crippen molar-refractivity contribution in [3.63, 3.8) is 0 Å². The van der Waals surface area contributed by atoms with E-state index < -0.39 is 0 Å². The van der Waals surface area contributed by atoms with E-state index in [1.54, 1.807) is 11.8 Å². The zero-order valence-corrected chi connectivity index (χ0v) is 12.6. The molecule has 2 rings (SSSR count). The molecule has 0 atom stereocenters. The minimum atomic E-state index is 0.817. The van der Waals surface area contributed by atoms with Crippen molar-refractivity contribution in [3.8, 4) is 0 Å². The van der Waals surface area contributed by atoms with Crippen LogP contribution >= 0.6 is 23.5 Å². The summed E-state index contributed by atoms with van der Waals surface area (Å²) in [5, 5.41) is 10.9. The van der Waals surface area contributed by atoms with Gasteiger partial charge in [-0.25, -0.2) is 4.98 Å². The number of anilines is 1. The number of rotatable bonds is 8. The molecule has 0 aliphatic heterocycles. The molecule has 0 radical (unpaired) electrons. The summed E-state index contributed by atoms with van der Waals surface area (Å²) in [7, 11) is 0. The van der Waals surface area contributed by atoms with Crippen molar-refractivity contribution in [3.05, 3.63) is 30.6 Å². The summed E-state index contributed by atoms with van der Waals surface area (Å²) >= 11 is 3.57. The molecule has 1 aromatic carbocycles. The second kappa shape index (κ2) is 8.12. The number of hydrogen-bond donors (Lipinski definition) is 2. The molecule has 0 spiro atoms. The second-order valence-corrected chi connectivity index (χ2v) is 6.35. The highest BCUT2D eigenvalue weighted by Gasteiger charge is 1.99. The molecule has 2 aromatic rings. The van der Waals surface area contributed by atoms with Crippen LogP contribution in [0.25, 0.3) is 0 Å². The first-order valence-electron chi connectivity index (χ1n) is 6.33. The van der Waals surface area contributed by atoms with Gasteiger partial charge in [-0.3, -0.25) is 5.10 Å². The van der Waals surface area contributed by atoms with E-state index in [9.17, 15) is 0 Å². The van der Waals surface area contributed by atoms with E-state index in [4.69, 9.17) is 0 Å². The molecular formula is C13H18N4S2. The molecule has 0 amide bonds. The van der Waals surface area contributed by atoms with Crippen LogP contribution in [0.5, 0.6) is 0 Å². The zero-order chi connectivity index (χ0) is 13.3. The van der Waals surface area contributed by atoms with Gasteiger partial charge in [0, 0.05) is 17.1 Å². The summed E-state index contributed by atoms with van der Waals surface area (Å²) < 4.78 is 0. The van der Waals surface area contributed by atoms with E-state index in [2.05, 4.69) is 51.7 Å². The molecule has 0 bridgehead atoms. The summed E-state index contributed by atoms with van der Waals surface area (Å²) in [6, 6.07) is 8.39. The number of aromatic amines is 1. The van der Waals surface area contributed by atoms with Gasteiger partial charge in [0.05, 0.1) is 0 Å². The predicted octanol–water partition coefficient (Wildman–Crippen LogP) is 3.51. The van der Waals surface area contributed by atoms with Gasteiger partial charge in [-0.2, -0.15) is 16.9 Å². The van der Waals surface area contributed by atoms with Gasteiger partial charge in [0.2, 0.25) is 0 Å². The third-order valence-electron chi connectivity index (χ3n) is 2.46. The highest BCUT2D eigenvalue weighted by molar-refractivity contribution is 7.99. The first-order chi connectivity index (χ1) is 9.38. The number of aromatic nitrogens is 3. The molecule has 19 heavy (non-hydrogen) atoms. The quantitative estimate of drug-likeness (QED) is 0.730. The Morgan fingerprint density at radius 3 is 2.79 bits per heavy atom. The largest absolute Gasteiger partial charge is 0.385 e. The van der Waals surface area contributed by atoms with Crippen LogP contribution in [-0.4, -0.2) is 33.2 Å². The summed E-state index contributed by atoms with van der Waals surface area (Å²) in [5.74, 6) is 2.43. The minimum Gasteiger partial charge on any atom is -0.385 e.